The summed E-state index contributed by atoms with van der Waals surface area (Å²) in [6.45, 7) is 3.87. The SMILES string of the molecule is COCCN1C(=O)/C(=C/c2ccc(CN(Cc3ccc(Cl)cc3Cl)S(=O)(=O)c3ccc(C)cc3)o2)C(C(=O)OC)=C1C. The first-order valence-electron chi connectivity index (χ1n) is 12.9. The van der Waals surface area contributed by atoms with Gasteiger partial charge in [0.2, 0.25) is 10.0 Å². The van der Waals surface area contributed by atoms with Crippen molar-refractivity contribution in [1.29, 1.82) is 0 Å². The van der Waals surface area contributed by atoms with Crippen LogP contribution in [0.1, 0.15) is 29.6 Å². The molecule has 2 heterocycles. The summed E-state index contributed by atoms with van der Waals surface area (Å²) >= 11 is 12.4. The lowest BCUT2D eigenvalue weighted by Crippen LogP contribution is -2.30. The van der Waals surface area contributed by atoms with Gasteiger partial charge in [0.1, 0.15) is 11.5 Å². The average molecular weight is 634 g/mol. The molecule has 0 aliphatic carbocycles. The number of methoxy groups -OCH3 is 2. The quantitative estimate of drug-likeness (QED) is 0.200. The largest absolute Gasteiger partial charge is 0.465 e. The molecule has 1 aliphatic rings. The van der Waals surface area contributed by atoms with E-state index in [1.165, 1.54) is 29.5 Å². The van der Waals surface area contributed by atoms with E-state index in [-0.39, 0.29) is 48.0 Å². The third-order valence-electron chi connectivity index (χ3n) is 6.74. The molecule has 0 saturated heterocycles. The minimum Gasteiger partial charge on any atom is -0.465 e. The molecule has 42 heavy (non-hydrogen) atoms. The molecule has 3 aromatic rings. The number of benzene rings is 2. The number of hydrogen-bond acceptors (Lipinski definition) is 7. The molecule has 222 valence electrons. The van der Waals surface area contributed by atoms with Gasteiger partial charge in [0.05, 0.1) is 36.3 Å². The Kier molecular flexibility index (Phi) is 9.96. The van der Waals surface area contributed by atoms with E-state index in [4.69, 9.17) is 37.1 Å². The van der Waals surface area contributed by atoms with E-state index in [0.29, 0.717) is 27.1 Å². The molecule has 1 amide bonds. The summed E-state index contributed by atoms with van der Waals surface area (Å²) in [5.74, 6) is -0.490. The molecule has 0 fully saturated rings. The Balaban J connectivity index is 1.68. The fourth-order valence-electron chi connectivity index (χ4n) is 4.48. The number of allylic oxidation sites excluding steroid dienone is 1. The topological polar surface area (TPSA) is 106 Å². The van der Waals surface area contributed by atoms with Gasteiger partial charge in [-0.25, -0.2) is 13.2 Å². The van der Waals surface area contributed by atoms with Crippen molar-refractivity contribution in [1.82, 2.24) is 9.21 Å². The fraction of sp³-hybridized carbons (Fsp3) is 0.267. The van der Waals surface area contributed by atoms with Gasteiger partial charge in [-0.15, -0.1) is 0 Å². The summed E-state index contributed by atoms with van der Waals surface area (Å²) in [4.78, 5) is 27.3. The third-order valence-corrected chi connectivity index (χ3v) is 9.13. The Bertz CT molecular complexity index is 1660. The van der Waals surface area contributed by atoms with Crippen molar-refractivity contribution in [3.05, 3.63) is 104 Å². The van der Waals surface area contributed by atoms with Gasteiger partial charge in [-0.2, -0.15) is 4.31 Å². The van der Waals surface area contributed by atoms with E-state index in [9.17, 15) is 18.0 Å². The first-order valence-corrected chi connectivity index (χ1v) is 15.1. The Morgan fingerprint density at radius 1 is 1.02 bits per heavy atom. The number of esters is 1. The predicted molar refractivity (Wildman–Crippen MR) is 159 cm³/mol. The fourth-order valence-corrected chi connectivity index (χ4v) is 6.33. The molecule has 0 N–H and O–H groups in total. The maximum atomic E-state index is 13.8. The van der Waals surface area contributed by atoms with Crippen LogP contribution in [0.15, 0.2) is 80.8 Å². The maximum Gasteiger partial charge on any atom is 0.340 e. The van der Waals surface area contributed by atoms with Crippen molar-refractivity contribution in [2.24, 2.45) is 0 Å². The van der Waals surface area contributed by atoms with E-state index in [0.717, 1.165) is 5.56 Å². The Labute approximate surface area is 255 Å². The minimum atomic E-state index is -3.98. The zero-order valence-electron chi connectivity index (χ0n) is 23.5. The number of aryl methyl sites for hydroxylation is 1. The van der Waals surface area contributed by atoms with Crippen molar-refractivity contribution in [2.75, 3.05) is 27.4 Å². The lowest BCUT2D eigenvalue weighted by Gasteiger charge is -2.22. The van der Waals surface area contributed by atoms with Crippen LogP contribution in [-0.2, 0) is 42.2 Å². The molecule has 0 saturated carbocycles. The van der Waals surface area contributed by atoms with Crippen LogP contribution in [0.2, 0.25) is 10.0 Å². The van der Waals surface area contributed by atoms with Gasteiger partial charge in [0, 0.05) is 35.9 Å². The monoisotopic (exact) mass is 632 g/mol. The molecule has 0 unspecified atom stereocenters. The highest BCUT2D eigenvalue weighted by atomic mass is 35.5. The lowest BCUT2D eigenvalue weighted by molar-refractivity contribution is -0.136. The Morgan fingerprint density at radius 3 is 2.38 bits per heavy atom. The number of carbonyl (C=O) groups is 2. The van der Waals surface area contributed by atoms with Crippen molar-refractivity contribution in [3.8, 4) is 0 Å². The summed E-state index contributed by atoms with van der Waals surface area (Å²) in [5, 5.41) is 0.755. The molecule has 1 aliphatic heterocycles. The number of ether oxygens (including phenoxy) is 2. The van der Waals surface area contributed by atoms with Crippen molar-refractivity contribution in [3.63, 3.8) is 0 Å². The second kappa shape index (κ2) is 13.3. The van der Waals surface area contributed by atoms with Gasteiger partial charge in [-0.05, 0) is 61.9 Å². The van der Waals surface area contributed by atoms with Gasteiger partial charge < -0.3 is 18.8 Å². The number of amides is 1. The van der Waals surface area contributed by atoms with Gasteiger partial charge in [0.25, 0.3) is 5.91 Å². The molecule has 0 atom stereocenters. The van der Waals surface area contributed by atoms with Crippen LogP contribution >= 0.6 is 23.2 Å². The van der Waals surface area contributed by atoms with Crippen LogP contribution in [0.4, 0.5) is 0 Å². The molecule has 0 spiro atoms. The lowest BCUT2D eigenvalue weighted by atomic mass is 10.1. The van der Waals surface area contributed by atoms with Crippen molar-refractivity contribution >= 4 is 51.2 Å². The second-order valence-corrected chi connectivity index (χ2v) is 12.4. The molecule has 0 bridgehead atoms. The third kappa shape index (κ3) is 6.79. The zero-order valence-corrected chi connectivity index (χ0v) is 25.8. The molecule has 1 aromatic heterocycles. The number of nitrogens with zero attached hydrogens (tertiary/aromatic N) is 2. The van der Waals surface area contributed by atoms with E-state index in [1.54, 1.807) is 61.5 Å². The zero-order chi connectivity index (χ0) is 30.6. The van der Waals surface area contributed by atoms with Crippen LogP contribution in [0, 0.1) is 6.92 Å². The highest BCUT2D eigenvalue weighted by molar-refractivity contribution is 7.89. The van der Waals surface area contributed by atoms with E-state index in [1.807, 2.05) is 6.92 Å². The summed E-state index contributed by atoms with van der Waals surface area (Å²) in [6, 6.07) is 14.6. The maximum absolute atomic E-state index is 13.8. The van der Waals surface area contributed by atoms with E-state index in [2.05, 4.69) is 0 Å². The summed E-state index contributed by atoms with van der Waals surface area (Å²) < 4.78 is 44.7. The molecule has 0 radical (unpaired) electrons. The molecule has 9 nitrogen and oxygen atoms in total. The van der Waals surface area contributed by atoms with Crippen LogP contribution < -0.4 is 0 Å². The summed E-state index contributed by atoms with van der Waals surface area (Å²) in [6.07, 6.45) is 1.45. The average Bonchev–Trinajstić information content (AvgIpc) is 3.49. The highest BCUT2D eigenvalue weighted by Gasteiger charge is 2.37. The van der Waals surface area contributed by atoms with E-state index < -0.39 is 21.9 Å². The molecule has 12 heteroatoms. The first kappa shape index (κ1) is 31.5. The van der Waals surface area contributed by atoms with Gasteiger partial charge in [-0.3, -0.25) is 4.79 Å². The van der Waals surface area contributed by atoms with Crippen LogP contribution in [0.5, 0.6) is 0 Å². The number of carbonyl (C=O) groups excluding carboxylic acids is 2. The van der Waals surface area contributed by atoms with Gasteiger partial charge in [-0.1, -0.05) is 47.0 Å². The van der Waals surface area contributed by atoms with Gasteiger partial charge in [0.15, 0.2) is 0 Å². The Morgan fingerprint density at radius 2 is 1.74 bits per heavy atom. The van der Waals surface area contributed by atoms with Crippen molar-refractivity contribution in [2.45, 2.75) is 31.8 Å². The van der Waals surface area contributed by atoms with Crippen molar-refractivity contribution < 1.29 is 31.9 Å². The second-order valence-electron chi connectivity index (χ2n) is 9.59. The minimum absolute atomic E-state index is 0.0509. The standard InChI is InChI=1S/C30H30Cl2N2O7S/c1-19-5-11-25(12-6-19)42(37,38)33(17-21-7-8-22(31)15-27(21)32)18-24-10-9-23(41-24)16-26-28(30(36)40-4)20(2)34(29(26)35)13-14-39-3/h5-12,15-16H,13-14,17-18H2,1-4H3/b26-16+. The first-order chi connectivity index (χ1) is 20.0. The summed E-state index contributed by atoms with van der Waals surface area (Å²) in [5.41, 5.74) is 2.15. The number of rotatable bonds is 11. The number of halogens is 2. The van der Waals surface area contributed by atoms with Crippen LogP contribution in [0.25, 0.3) is 6.08 Å². The smallest absolute Gasteiger partial charge is 0.340 e. The molecular formula is C30H30Cl2N2O7S. The van der Waals surface area contributed by atoms with Crippen LogP contribution in [0.3, 0.4) is 0 Å². The summed E-state index contributed by atoms with van der Waals surface area (Å²) in [7, 11) is -1.23. The number of furan rings is 1. The normalized spacial score (nSPS) is 14.9. The predicted octanol–water partition coefficient (Wildman–Crippen LogP) is 5.60. The van der Waals surface area contributed by atoms with Crippen LogP contribution in [-0.4, -0.2) is 56.9 Å². The molecular weight excluding hydrogens is 603 g/mol. The number of hydrogen-bond donors (Lipinski definition) is 0. The molecule has 2 aromatic carbocycles. The van der Waals surface area contributed by atoms with E-state index >= 15 is 0 Å². The highest BCUT2D eigenvalue weighted by Crippen LogP contribution is 2.32. The van der Waals surface area contributed by atoms with Gasteiger partial charge >= 0.3 is 5.97 Å². The number of sulfonamides is 1. The Hall–Kier alpha value is -3.41. The molecule has 4 rings (SSSR count).